The number of hydrogen-bond acceptors (Lipinski definition) is 4. The van der Waals surface area contributed by atoms with Crippen LogP contribution < -0.4 is 10.6 Å². The summed E-state index contributed by atoms with van der Waals surface area (Å²) in [5.74, 6) is -0.549. The van der Waals surface area contributed by atoms with Crippen molar-refractivity contribution < 1.29 is 18.9 Å². The Morgan fingerprint density at radius 3 is 2.83 bits per heavy atom. The van der Waals surface area contributed by atoms with E-state index in [-0.39, 0.29) is 5.56 Å². The fourth-order valence-electron chi connectivity index (χ4n) is 1.20. The summed E-state index contributed by atoms with van der Waals surface area (Å²) in [7, 11) is -0.869. The molecule has 0 aliphatic heterocycles. The van der Waals surface area contributed by atoms with Crippen molar-refractivity contribution >= 4 is 39.1 Å². The summed E-state index contributed by atoms with van der Waals surface area (Å²) in [6.45, 7) is 0.402. The van der Waals surface area contributed by atoms with Gasteiger partial charge in [0.05, 0.1) is 5.56 Å². The van der Waals surface area contributed by atoms with Crippen LogP contribution in [-0.2, 0) is 10.8 Å². The van der Waals surface area contributed by atoms with Crippen LogP contribution in [0.3, 0.4) is 0 Å². The number of amides is 2. The summed E-state index contributed by atoms with van der Waals surface area (Å²) in [4.78, 5) is 22.2. The minimum absolute atomic E-state index is 0.0739. The van der Waals surface area contributed by atoms with Crippen molar-refractivity contribution in [1.29, 1.82) is 0 Å². The molecule has 1 atom stereocenters. The van der Waals surface area contributed by atoms with Crippen LogP contribution in [0.4, 0.5) is 9.80 Å². The fourth-order valence-corrected chi connectivity index (χ4v) is 2.52. The van der Waals surface area contributed by atoms with E-state index < -0.39 is 22.8 Å². The van der Waals surface area contributed by atoms with E-state index in [1.807, 2.05) is 0 Å². The van der Waals surface area contributed by atoms with Crippen molar-refractivity contribution in [2.45, 2.75) is 6.42 Å². The van der Waals surface area contributed by atoms with Crippen LogP contribution in [0.1, 0.15) is 16.8 Å². The predicted octanol–water partition coefficient (Wildman–Crippen LogP) is 1.34. The molecule has 0 fully saturated rings. The Kier molecular flexibility index (Phi) is 5.79. The topological polar surface area (TPSA) is 95.5 Å². The van der Waals surface area contributed by atoms with E-state index in [1.165, 1.54) is 6.07 Å². The molecule has 0 saturated heterocycles. The number of rotatable bonds is 6. The van der Waals surface area contributed by atoms with Gasteiger partial charge in [0.15, 0.2) is 0 Å². The second kappa shape index (κ2) is 7.12. The minimum Gasteiger partial charge on any atom is -0.478 e. The smallest absolute Gasteiger partial charge is 0.338 e. The Morgan fingerprint density at radius 1 is 1.50 bits per heavy atom. The standard InChI is InChI=1S/C10H14N2O4S2/c1-18(16)6-2-4-11-10(15)12-8-7(9(13)14)3-5-17-8/h3,5H,2,4,6H2,1H3,(H,13,14)(H2,11,12,15). The number of aromatic carboxylic acids is 1. The first-order valence-electron chi connectivity index (χ1n) is 5.16. The van der Waals surface area contributed by atoms with E-state index >= 15 is 0 Å². The zero-order chi connectivity index (χ0) is 13.5. The second-order valence-electron chi connectivity index (χ2n) is 3.48. The normalized spacial score (nSPS) is 11.8. The molecule has 0 saturated carbocycles. The summed E-state index contributed by atoms with van der Waals surface area (Å²) in [5, 5.41) is 15.8. The molecule has 1 rings (SSSR count). The van der Waals surface area contributed by atoms with Crippen molar-refractivity contribution in [3.05, 3.63) is 17.0 Å². The Hall–Kier alpha value is -1.41. The average molecular weight is 290 g/mol. The van der Waals surface area contributed by atoms with Crippen molar-refractivity contribution in [2.75, 3.05) is 23.9 Å². The first-order chi connectivity index (χ1) is 8.50. The molecule has 0 aliphatic rings. The third kappa shape index (κ3) is 4.84. The molecule has 18 heavy (non-hydrogen) atoms. The summed E-state index contributed by atoms with van der Waals surface area (Å²) < 4.78 is 10.8. The van der Waals surface area contributed by atoms with E-state index in [2.05, 4.69) is 10.6 Å². The third-order valence-corrected chi connectivity index (χ3v) is 3.71. The van der Waals surface area contributed by atoms with E-state index in [4.69, 9.17) is 5.11 Å². The van der Waals surface area contributed by atoms with E-state index in [0.717, 1.165) is 11.3 Å². The summed E-state index contributed by atoms with van der Waals surface area (Å²) >= 11 is 1.15. The number of carboxylic acid groups (broad SMARTS) is 1. The van der Waals surface area contributed by atoms with Gasteiger partial charge in [0.1, 0.15) is 5.00 Å². The molecule has 1 unspecified atom stereocenters. The van der Waals surface area contributed by atoms with E-state index in [1.54, 1.807) is 11.6 Å². The largest absolute Gasteiger partial charge is 0.478 e. The molecular weight excluding hydrogens is 276 g/mol. The maximum Gasteiger partial charge on any atom is 0.338 e. The van der Waals surface area contributed by atoms with Crippen LogP contribution in [0.25, 0.3) is 0 Å². The molecule has 0 spiro atoms. The fraction of sp³-hybridized carbons (Fsp3) is 0.400. The molecule has 3 N–H and O–H groups in total. The molecule has 1 heterocycles. The van der Waals surface area contributed by atoms with Gasteiger partial charge in [-0.15, -0.1) is 11.3 Å². The number of carbonyl (C=O) groups excluding carboxylic acids is 1. The lowest BCUT2D eigenvalue weighted by Crippen LogP contribution is -2.30. The molecule has 0 radical (unpaired) electrons. The number of nitrogens with one attached hydrogen (secondary N) is 2. The zero-order valence-corrected chi connectivity index (χ0v) is 11.4. The van der Waals surface area contributed by atoms with Crippen molar-refractivity contribution in [2.24, 2.45) is 0 Å². The monoisotopic (exact) mass is 290 g/mol. The molecule has 100 valence electrons. The molecule has 0 aliphatic carbocycles. The van der Waals surface area contributed by atoms with Crippen LogP contribution >= 0.6 is 11.3 Å². The van der Waals surface area contributed by atoms with Gasteiger partial charge in [-0.2, -0.15) is 0 Å². The number of carboxylic acids is 1. The Bertz CT molecular complexity index is 458. The third-order valence-electron chi connectivity index (χ3n) is 2.02. The van der Waals surface area contributed by atoms with Crippen LogP contribution in [0.2, 0.25) is 0 Å². The lowest BCUT2D eigenvalue weighted by atomic mass is 10.3. The van der Waals surface area contributed by atoms with Crippen molar-refractivity contribution in [3.8, 4) is 0 Å². The van der Waals surface area contributed by atoms with Gasteiger partial charge >= 0.3 is 12.0 Å². The summed E-state index contributed by atoms with van der Waals surface area (Å²) in [5.41, 5.74) is 0.0739. The van der Waals surface area contributed by atoms with Crippen LogP contribution in [0, 0.1) is 0 Å². The number of thiophene rings is 1. The summed E-state index contributed by atoms with van der Waals surface area (Å²) in [6, 6.07) is 0.977. The molecule has 2 amide bonds. The first kappa shape index (κ1) is 14.7. The molecule has 0 bridgehead atoms. The first-order valence-corrected chi connectivity index (χ1v) is 7.77. The van der Waals surface area contributed by atoms with Crippen molar-refractivity contribution in [3.63, 3.8) is 0 Å². The lowest BCUT2D eigenvalue weighted by molar-refractivity contribution is 0.0698. The molecular formula is C10H14N2O4S2. The van der Waals surface area contributed by atoms with Crippen LogP contribution in [0.15, 0.2) is 11.4 Å². The minimum atomic E-state index is -1.08. The van der Waals surface area contributed by atoms with Crippen LogP contribution in [0.5, 0.6) is 0 Å². The van der Waals surface area contributed by atoms with E-state index in [9.17, 15) is 13.8 Å². The highest BCUT2D eigenvalue weighted by atomic mass is 32.2. The second-order valence-corrected chi connectivity index (χ2v) is 5.95. The maximum atomic E-state index is 11.4. The molecule has 0 aromatic carbocycles. The van der Waals surface area contributed by atoms with Gasteiger partial charge in [-0.25, -0.2) is 9.59 Å². The quantitative estimate of drug-likeness (QED) is 0.689. The lowest BCUT2D eigenvalue weighted by Gasteiger charge is -2.06. The SMILES string of the molecule is CS(=O)CCCNC(=O)Nc1sccc1C(=O)O. The number of anilines is 1. The number of urea groups is 1. The van der Waals surface area contributed by atoms with E-state index in [0.29, 0.717) is 23.7 Å². The van der Waals surface area contributed by atoms with Crippen molar-refractivity contribution in [1.82, 2.24) is 5.32 Å². The predicted molar refractivity (Wildman–Crippen MR) is 71.9 cm³/mol. The highest BCUT2D eigenvalue weighted by Gasteiger charge is 2.13. The van der Waals surface area contributed by atoms with Gasteiger partial charge in [-0.1, -0.05) is 0 Å². The maximum absolute atomic E-state index is 11.4. The Labute approximate surface area is 111 Å². The molecule has 6 nitrogen and oxygen atoms in total. The molecule has 1 aromatic heterocycles. The Balaban J connectivity index is 2.38. The van der Waals surface area contributed by atoms with Gasteiger partial charge < -0.3 is 10.4 Å². The number of hydrogen-bond donors (Lipinski definition) is 3. The van der Waals surface area contributed by atoms with Gasteiger partial charge in [-0.05, 0) is 17.9 Å². The van der Waals surface area contributed by atoms with Gasteiger partial charge in [0, 0.05) is 29.4 Å². The van der Waals surface area contributed by atoms with Crippen LogP contribution in [-0.4, -0.2) is 39.9 Å². The Morgan fingerprint density at radius 2 is 2.22 bits per heavy atom. The van der Waals surface area contributed by atoms with Gasteiger partial charge in [0.2, 0.25) is 0 Å². The van der Waals surface area contributed by atoms with Gasteiger partial charge in [-0.3, -0.25) is 9.53 Å². The zero-order valence-electron chi connectivity index (χ0n) is 9.76. The highest BCUT2D eigenvalue weighted by molar-refractivity contribution is 7.84. The molecule has 1 aromatic rings. The number of carbonyl (C=O) groups is 2. The highest BCUT2D eigenvalue weighted by Crippen LogP contribution is 2.22. The summed E-state index contributed by atoms with van der Waals surface area (Å²) in [6.07, 6.45) is 2.22. The van der Waals surface area contributed by atoms with Gasteiger partial charge in [0.25, 0.3) is 0 Å². The molecule has 8 heteroatoms. The average Bonchev–Trinajstić information content (AvgIpc) is 2.72.